The van der Waals surface area contributed by atoms with E-state index in [-0.39, 0.29) is 18.9 Å². The molecule has 1 aliphatic heterocycles. The number of ether oxygens (including phenoxy) is 1. The fourth-order valence-corrected chi connectivity index (χ4v) is 2.25. The SMILES string of the molecule is Nc1cc(C(=O)N2CCOCC2CC(=O)O)ccc1Cl. The Morgan fingerprint density at radius 2 is 2.25 bits per heavy atom. The number of rotatable bonds is 3. The topological polar surface area (TPSA) is 92.9 Å². The summed E-state index contributed by atoms with van der Waals surface area (Å²) in [6.07, 6.45) is -0.144. The third-order valence-electron chi connectivity index (χ3n) is 3.14. The first-order valence-electron chi connectivity index (χ1n) is 6.14. The Bertz CT molecular complexity index is 535. The van der Waals surface area contributed by atoms with E-state index in [1.54, 1.807) is 12.1 Å². The van der Waals surface area contributed by atoms with Crippen molar-refractivity contribution in [3.63, 3.8) is 0 Å². The molecule has 6 nitrogen and oxygen atoms in total. The maximum atomic E-state index is 12.4. The Kier molecular flexibility index (Phi) is 4.46. The molecule has 0 radical (unpaired) electrons. The Hall–Kier alpha value is -1.79. The number of morpholine rings is 1. The van der Waals surface area contributed by atoms with Gasteiger partial charge in [-0.05, 0) is 18.2 Å². The summed E-state index contributed by atoms with van der Waals surface area (Å²) in [4.78, 5) is 24.8. The van der Waals surface area contributed by atoms with E-state index >= 15 is 0 Å². The van der Waals surface area contributed by atoms with E-state index in [0.717, 1.165) is 0 Å². The van der Waals surface area contributed by atoms with Gasteiger partial charge in [-0.3, -0.25) is 9.59 Å². The fraction of sp³-hybridized carbons (Fsp3) is 0.385. The molecule has 1 aromatic carbocycles. The van der Waals surface area contributed by atoms with Gasteiger partial charge in [0.25, 0.3) is 5.91 Å². The van der Waals surface area contributed by atoms with Crippen LogP contribution in [-0.2, 0) is 9.53 Å². The number of hydrogen-bond donors (Lipinski definition) is 2. The monoisotopic (exact) mass is 298 g/mol. The van der Waals surface area contributed by atoms with Crippen LogP contribution in [0.5, 0.6) is 0 Å². The maximum absolute atomic E-state index is 12.4. The van der Waals surface area contributed by atoms with Gasteiger partial charge >= 0.3 is 5.97 Å². The number of aliphatic carboxylic acids is 1. The lowest BCUT2D eigenvalue weighted by Gasteiger charge is -2.35. The van der Waals surface area contributed by atoms with Gasteiger partial charge in [-0.15, -0.1) is 0 Å². The molecule has 7 heteroatoms. The van der Waals surface area contributed by atoms with Crippen LogP contribution in [0.4, 0.5) is 5.69 Å². The van der Waals surface area contributed by atoms with Gasteiger partial charge in [0.05, 0.1) is 36.4 Å². The quantitative estimate of drug-likeness (QED) is 0.819. The van der Waals surface area contributed by atoms with Crippen LogP contribution in [0.2, 0.25) is 5.02 Å². The standard InChI is InChI=1S/C13H15ClN2O4/c14-10-2-1-8(5-11(10)15)13(19)16-3-4-20-7-9(16)6-12(17)18/h1-2,5,9H,3-4,6-7,15H2,(H,17,18). The zero-order valence-corrected chi connectivity index (χ0v) is 11.5. The molecule has 1 amide bonds. The second-order valence-electron chi connectivity index (χ2n) is 4.56. The molecular formula is C13H15ClN2O4. The minimum atomic E-state index is -0.964. The van der Waals surface area contributed by atoms with Gasteiger partial charge in [0, 0.05) is 12.1 Å². The minimum Gasteiger partial charge on any atom is -0.481 e. The van der Waals surface area contributed by atoms with E-state index in [0.29, 0.717) is 29.4 Å². The third kappa shape index (κ3) is 3.20. The summed E-state index contributed by atoms with van der Waals surface area (Å²) in [7, 11) is 0. The minimum absolute atomic E-state index is 0.144. The number of carboxylic acids is 1. The summed E-state index contributed by atoms with van der Waals surface area (Å²) < 4.78 is 5.24. The van der Waals surface area contributed by atoms with Gasteiger partial charge in [0.2, 0.25) is 0 Å². The van der Waals surface area contributed by atoms with Crippen molar-refractivity contribution < 1.29 is 19.4 Å². The number of anilines is 1. The summed E-state index contributed by atoms with van der Waals surface area (Å²) in [5.74, 6) is -1.23. The molecule has 0 spiro atoms. The van der Waals surface area contributed by atoms with Crippen molar-refractivity contribution in [1.29, 1.82) is 0 Å². The summed E-state index contributed by atoms with van der Waals surface area (Å²) in [6.45, 7) is 0.978. The van der Waals surface area contributed by atoms with Crippen molar-refractivity contribution in [3.8, 4) is 0 Å². The van der Waals surface area contributed by atoms with E-state index in [9.17, 15) is 9.59 Å². The van der Waals surface area contributed by atoms with Crippen molar-refractivity contribution in [2.45, 2.75) is 12.5 Å². The van der Waals surface area contributed by atoms with Crippen LogP contribution >= 0.6 is 11.6 Å². The third-order valence-corrected chi connectivity index (χ3v) is 3.49. The second kappa shape index (κ2) is 6.11. The van der Waals surface area contributed by atoms with Crippen LogP contribution in [0.3, 0.4) is 0 Å². The van der Waals surface area contributed by atoms with Crippen molar-refractivity contribution in [1.82, 2.24) is 4.90 Å². The predicted octanol–water partition coefficient (Wildman–Crippen LogP) is 1.24. The van der Waals surface area contributed by atoms with Crippen LogP contribution in [0.15, 0.2) is 18.2 Å². The Morgan fingerprint density at radius 3 is 2.90 bits per heavy atom. The van der Waals surface area contributed by atoms with E-state index in [1.165, 1.54) is 11.0 Å². The molecule has 2 rings (SSSR count). The average molecular weight is 299 g/mol. The molecule has 0 aromatic heterocycles. The first kappa shape index (κ1) is 14.6. The van der Waals surface area contributed by atoms with E-state index < -0.39 is 12.0 Å². The first-order valence-corrected chi connectivity index (χ1v) is 6.52. The predicted molar refractivity (Wildman–Crippen MR) is 73.8 cm³/mol. The largest absolute Gasteiger partial charge is 0.481 e. The number of benzene rings is 1. The summed E-state index contributed by atoms with van der Waals surface area (Å²) in [6, 6.07) is 4.16. The molecule has 1 saturated heterocycles. The highest BCUT2D eigenvalue weighted by Gasteiger charge is 2.29. The van der Waals surface area contributed by atoms with Crippen molar-refractivity contribution in [2.75, 3.05) is 25.5 Å². The summed E-state index contributed by atoms with van der Waals surface area (Å²) in [5.41, 5.74) is 6.39. The highest BCUT2D eigenvalue weighted by molar-refractivity contribution is 6.33. The molecule has 1 aliphatic rings. The normalized spacial score (nSPS) is 18.9. The van der Waals surface area contributed by atoms with Crippen LogP contribution in [0.25, 0.3) is 0 Å². The number of halogens is 1. The van der Waals surface area contributed by atoms with Gasteiger partial charge in [0.15, 0.2) is 0 Å². The van der Waals surface area contributed by atoms with E-state index in [4.69, 9.17) is 27.2 Å². The zero-order chi connectivity index (χ0) is 14.7. The number of hydrogen-bond acceptors (Lipinski definition) is 4. The molecule has 20 heavy (non-hydrogen) atoms. The van der Waals surface area contributed by atoms with Crippen LogP contribution < -0.4 is 5.73 Å². The molecule has 1 aromatic rings. The van der Waals surface area contributed by atoms with Gasteiger partial charge in [-0.1, -0.05) is 11.6 Å². The van der Waals surface area contributed by atoms with Crippen LogP contribution in [0, 0.1) is 0 Å². The maximum Gasteiger partial charge on any atom is 0.305 e. The van der Waals surface area contributed by atoms with E-state index in [2.05, 4.69) is 0 Å². The number of nitrogens with two attached hydrogens (primary N) is 1. The molecule has 1 heterocycles. The van der Waals surface area contributed by atoms with Gasteiger partial charge < -0.3 is 20.5 Å². The van der Waals surface area contributed by atoms with E-state index in [1.807, 2.05) is 0 Å². The molecule has 1 unspecified atom stereocenters. The molecule has 1 atom stereocenters. The Balaban J connectivity index is 2.20. The number of amides is 1. The number of carboxylic acid groups (broad SMARTS) is 1. The average Bonchev–Trinajstić information content (AvgIpc) is 2.41. The van der Waals surface area contributed by atoms with Crippen LogP contribution in [-0.4, -0.2) is 47.7 Å². The van der Waals surface area contributed by atoms with Crippen molar-refractivity contribution in [3.05, 3.63) is 28.8 Å². The molecule has 3 N–H and O–H groups in total. The molecule has 0 saturated carbocycles. The Labute approximate surface area is 121 Å². The smallest absolute Gasteiger partial charge is 0.305 e. The first-order chi connectivity index (χ1) is 9.49. The second-order valence-corrected chi connectivity index (χ2v) is 4.97. The number of nitrogen functional groups attached to an aromatic ring is 1. The Morgan fingerprint density at radius 1 is 1.50 bits per heavy atom. The van der Waals surface area contributed by atoms with Gasteiger partial charge in [0.1, 0.15) is 0 Å². The van der Waals surface area contributed by atoms with Crippen molar-refractivity contribution >= 4 is 29.2 Å². The zero-order valence-electron chi connectivity index (χ0n) is 10.7. The van der Waals surface area contributed by atoms with Gasteiger partial charge in [-0.2, -0.15) is 0 Å². The number of carbonyl (C=O) groups is 2. The van der Waals surface area contributed by atoms with Crippen molar-refractivity contribution in [2.24, 2.45) is 0 Å². The lowest BCUT2D eigenvalue weighted by molar-refractivity contribution is -0.139. The lowest BCUT2D eigenvalue weighted by Crippen LogP contribution is -2.49. The highest BCUT2D eigenvalue weighted by atomic mass is 35.5. The van der Waals surface area contributed by atoms with Crippen LogP contribution in [0.1, 0.15) is 16.8 Å². The van der Waals surface area contributed by atoms with Gasteiger partial charge in [-0.25, -0.2) is 0 Å². The molecule has 0 bridgehead atoms. The molecule has 0 aliphatic carbocycles. The number of carbonyl (C=O) groups excluding carboxylic acids is 1. The summed E-state index contributed by atoms with van der Waals surface area (Å²) in [5, 5.41) is 9.27. The fourth-order valence-electron chi connectivity index (χ4n) is 2.14. The molecular weight excluding hydrogens is 284 g/mol. The lowest BCUT2D eigenvalue weighted by atomic mass is 10.1. The number of nitrogens with zero attached hydrogens (tertiary/aromatic N) is 1. The molecule has 1 fully saturated rings. The highest BCUT2D eigenvalue weighted by Crippen LogP contribution is 2.22. The summed E-state index contributed by atoms with van der Waals surface area (Å²) >= 11 is 5.82. The molecule has 108 valence electrons.